The predicted octanol–water partition coefficient (Wildman–Crippen LogP) is 7.00. The van der Waals surface area contributed by atoms with Crippen molar-refractivity contribution in [2.24, 2.45) is 0 Å². The van der Waals surface area contributed by atoms with Crippen molar-refractivity contribution in [3.05, 3.63) is 78.0 Å². The van der Waals surface area contributed by atoms with Crippen LogP contribution in [0, 0.1) is 24.0 Å². The highest BCUT2D eigenvalue weighted by atomic mass is 32.2. The number of anilines is 1. The lowest BCUT2D eigenvalue weighted by Crippen LogP contribution is -2.57. The molecule has 0 aliphatic carbocycles. The van der Waals surface area contributed by atoms with Gasteiger partial charge in [0.1, 0.15) is 46.9 Å². The number of piperazine rings is 1. The van der Waals surface area contributed by atoms with Gasteiger partial charge in [0.25, 0.3) is 10.1 Å². The molecule has 6 heterocycles. The van der Waals surface area contributed by atoms with Crippen LogP contribution in [0.4, 0.5) is 19.4 Å². The molecule has 0 spiro atoms. The molecule has 1 amide bonds. The van der Waals surface area contributed by atoms with Crippen molar-refractivity contribution in [1.29, 1.82) is 0 Å². The summed E-state index contributed by atoms with van der Waals surface area (Å²) < 4.78 is 83.9. The number of amides is 1. The van der Waals surface area contributed by atoms with Crippen LogP contribution < -0.4 is 14.4 Å². The van der Waals surface area contributed by atoms with E-state index in [9.17, 15) is 17.8 Å². The van der Waals surface area contributed by atoms with Crippen molar-refractivity contribution < 1.29 is 40.8 Å². The highest BCUT2D eigenvalue weighted by Crippen LogP contribution is 2.43. The van der Waals surface area contributed by atoms with Crippen LogP contribution >= 0.6 is 0 Å². The summed E-state index contributed by atoms with van der Waals surface area (Å²) in [5.74, 6) is 1.80. The second kappa shape index (κ2) is 14.8. The molecule has 0 saturated carbocycles. The van der Waals surface area contributed by atoms with E-state index in [0.29, 0.717) is 59.3 Å². The van der Waals surface area contributed by atoms with Crippen molar-refractivity contribution in [2.45, 2.75) is 87.1 Å². The molecule has 4 aliphatic rings. The maximum absolute atomic E-state index is 17.2. The summed E-state index contributed by atoms with van der Waals surface area (Å²) in [7, 11) is -4.41. The van der Waals surface area contributed by atoms with E-state index in [4.69, 9.17) is 25.6 Å². The van der Waals surface area contributed by atoms with Crippen molar-refractivity contribution in [1.82, 2.24) is 24.8 Å². The lowest BCUT2D eigenvalue weighted by Gasteiger charge is -2.42. The summed E-state index contributed by atoms with van der Waals surface area (Å²) in [6.07, 6.45) is 10.4. The molecule has 4 aliphatic heterocycles. The first-order valence-electron chi connectivity index (χ1n) is 20.0. The highest BCUT2D eigenvalue weighted by Gasteiger charge is 2.50. The average Bonchev–Trinajstić information content (AvgIpc) is 3.83. The Bertz CT molecular complexity index is 2690. The Hall–Kier alpha value is -5.63. The third-order valence-corrected chi connectivity index (χ3v) is 12.9. The average molecular weight is 839 g/mol. The van der Waals surface area contributed by atoms with E-state index in [2.05, 4.69) is 20.8 Å². The molecule has 13 nitrogen and oxygen atoms in total. The zero-order valence-corrected chi connectivity index (χ0v) is 34.2. The molecule has 60 heavy (non-hydrogen) atoms. The number of ether oxygens (including phenoxy) is 3. The molecule has 0 radical (unpaired) electrons. The maximum atomic E-state index is 17.2. The SMILES string of the molecule is C#Cc1c(F)ccc2cccc(-c3ncc4c(N5C[C@H]6CC[C@@H](C5)N6C(=O)OC(C)(C)C)nc(OC[C@@]56CCCN5C[C@@H](Oc5cccc(S(=O)(=O)O)c5)C6)nc4c3F)c12. The first-order chi connectivity index (χ1) is 28.6. The van der Waals surface area contributed by atoms with E-state index in [1.807, 2.05) is 30.6 Å². The van der Waals surface area contributed by atoms with E-state index in [0.717, 1.165) is 32.2 Å². The van der Waals surface area contributed by atoms with E-state index in [-0.39, 0.29) is 58.6 Å². The molecule has 16 heteroatoms. The molecule has 4 saturated heterocycles. The Kier molecular flexibility index (Phi) is 9.84. The number of halogens is 2. The summed E-state index contributed by atoms with van der Waals surface area (Å²) in [6, 6.07) is 13.4. The number of hydrogen-bond donors (Lipinski definition) is 1. The molecule has 2 aromatic heterocycles. The van der Waals surface area contributed by atoms with Crippen LogP contribution in [-0.2, 0) is 14.9 Å². The first-order valence-corrected chi connectivity index (χ1v) is 21.5. The van der Waals surface area contributed by atoms with E-state index >= 15 is 8.78 Å². The third-order valence-electron chi connectivity index (χ3n) is 12.1. The van der Waals surface area contributed by atoms with Crippen LogP contribution in [0.2, 0.25) is 0 Å². The van der Waals surface area contributed by atoms with Gasteiger partial charge in [0.2, 0.25) is 0 Å². The monoisotopic (exact) mass is 838 g/mol. The second-order valence-electron chi connectivity index (χ2n) is 17.1. The number of carbonyl (C=O) groups is 1. The number of nitrogens with zero attached hydrogens (tertiary/aromatic N) is 6. The Morgan fingerprint density at radius 3 is 2.55 bits per heavy atom. The minimum absolute atomic E-state index is 0.000449. The van der Waals surface area contributed by atoms with E-state index < -0.39 is 32.9 Å². The van der Waals surface area contributed by atoms with Gasteiger partial charge in [0, 0.05) is 49.3 Å². The van der Waals surface area contributed by atoms with Crippen LogP contribution in [0.5, 0.6) is 11.8 Å². The van der Waals surface area contributed by atoms with Crippen molar-refractivity contribution in [3.8, 4) is 35.4 Å². The van der Waals surface area contributed by atoms with Crippen molar-refractivity contribution in [3.63, 3.8) is 0 Å². The quantitative estimate of drug-likeness (QED) is 0.127. The standard InChI is InChI=1S/C44H44F2N6O7S/c1-5-32-35(45)16-13-26-9-6-12-33(36(26)32)38-37(46)39-34(21-47-38)40(50-22-27-14-15-28(23-50)52(27)42(53)59-43(2,3)4)49-41(48-39)57-25-44-17-8-18-51(44)24-30(20-44)58-29-10-7-11-31(19-29)60(54,55)56/h1,6-7,9-13,16,19,21,27-28,30H,8,14-15,17-18,20,22-25H2,2-4H3,(H,54,55,56)/t27-,28+,30-,44-/m0/s1. The number of rotatable bonds is 8. The van der Waals surface area contributed by atoms with Crippen LogP contribution in [-0.4, -0.2) is 106 Å². The van der Waals surface area contributed by atoms with Gasteiger partial charge in [-0.2, -0.15) is 18.4 Å². The number of terminal acetylenes is 1. The van der Waals surface area contributed by atoms with Gasteiger partial charge in [0.15, 0.2) is 5.82 Å². The molecular formula is C44H44F2N6O7S. The summed E-state index contributed by atoms with van der Waals surface area (Å²) in [5, 5.41) is 1.33. The van der Waals surface area contributed by atoms with Crippen molar-refractivity contribution >= 4 is 43.7 Å². The smallest absolute Gasteiger partial charge is 0.410 e. The zero-order valence-electron chi connectivity index (χ0n) is 33.4. The molecule has 0 unspecified atom stereocenters. The fourth-order valence-corrected chi connectivity index (χ4v) is 10.1. The number of carbonyl (C=O) groups excluding carboxylic acids is 1. The Morgan fingerprint density at radius 2 is 1.82 bits per heavy atom. The predicted molar refractivity (Wildman–Crippen MR) is 220 cm³/mol. The van der Waals surface area contributed by atoms with E-state index in [1.54, 1.807) is 30.3 Å². The van der Waals surface area contributed by atoms with Gasteiger partial charge in [0.05, 0.1) is 33.5 Å². The molecule has 312 valence electrons. The topological polar surface area (TPSA) is 148 Å². The molecule has 5 aromatic rings. The van der Waals surface area contributed by atoms with Crippen LogP contribution in [0.1, 0.15) is 58.4 Å². The highest BCUT2D eigenvalue weighted by molar-refractivity contribution is 7.85. The molecule has 4 atom stereocenters. The molecular weight excluding hydrogens is 795 g/mol. The van der Waals surface area contributed by atoms with Gasteiger partial charge < -0.3 is 19.1 Å². The van der Waals surface area contributed by atoms with Crippen LogP contribution in [0.25, 0.3) is 32.9 Å². The molecule has 1 N–H and O–H groups in total. The molecule has 3 aromatic carbocycles. The van der Waals surface area contributed by atoms with Crippen LogP contribution in [0.3, 0.4) is 0 Å². The maximum Gasteiger partial charge on any atom is 0.410 e. The minimum atomic E-state index is -4.41. The molecule has 9 rings (SSSR count). The van der Waals surface area contributed by atoms with Crippen LogP contribution in [0.15, 0.2) is 65.7 Å². The van der Waals surface area contributed by atoms with Gasteiger partial charge in [-0.1, -0.05) is 36.3 Å². The van der Waals surface area contributed by atoms with Gasteiger partial charge >= 0.3 is 12.1 Å². The fraction of sp³-hybridized carbons (Fsp3) is 0.409. The lowest BCUT2D eigenvalue weighted by molar-refractivity contribution is 0.0122. The zero-order chi connectivity index (χ0) is 42.1. The minimum Gasteiger partial charge on any atom is -0.489 e. The summed E-state index contributed by atoms with van der Waals surface area (Å²) in [5.41, 5.74) is -0.914. The second-order valence-corrected chi connectivity index (χ2v) is 18.5. The van der Waals surface area contributed by atoms with Crippen molar-refractivity contribution in [2.75, 3.05) is 37.7 Å². The fourth-order valence-electron chi connectivity index (χ4n) is 9.54. The lowest BCUT2D eigenvalue weighted by atomic mass is 9.94. The number of benzene rings is 3. The van der Waals surface area contributed by atoms with E-state index in [1.165, 1.54) is 30.5 Å². The Labute approximate surface area is 346 Å². The first kappa shape index (κ1) is 39.8. The molecule has 4 fully saturated rings. The Morgan fingerprint density at radius 1 is 1.05 bits per heavy atom. The number of hydrogen-bond acceptors (Lipinski definition) is 11. The number of fused-ring (bicyclic) bond motifs is 5. The van der Waals surface area contributed by atoms with Gasteiger partial charge in [-0.15, -0.1) is 6.42 Å². The molecule has 2 bridgehead atoms. The Balaban J connectivity index is 1.07. The van der Waals surface area contributed by atoms with Gasteiger partial charge in [-0.3, -0.25) is 19.3 Å². The summed E-state index contributed by atoms with van der Waals surface area (Å²) in [6.45, 7) is 7.84. The largest absolute Gasteiger partial charge is 0.489 e. The number of pyridine rings is 1. The van der Waals surface area contributed by atoms with Gasteiger partial charge in [-0.05, 0) is 76.6 Å². The van der Waals surface area contributed by atoms with Gasteiger partial charge in [-0.25, -0.2) is 13.6 Å². The summed E-state index contributed by atoms with van der Waals surface area (Å²) >= 11 is 0. The normalized spacial score (nSPS) is 22.9. The number of aromatic nitrogens is 3. The third kappa shape index (κ3) is 7.22. The summed E-state index contributed by atoms with van der Waals surface area (Å²) in [4.78, 5) is 33.4.